The highest BCUT2D eigenvalue weighted by atomic mass is 16.6. The first-order valence-corrected chi connectivity index (χ1v) is 11.7. The molecule has 2 heterocycles. The molecule has 3 aromatic rings. The highest BCUT2D eigenvalue weighted by Gasteiger charge is 2.17. The Kier molecular flexibility index (Phi) is 8.96. The standard InChI is InChI=1S/C28H30N2O5/c1-21-26(12-9-22-7-10-24(11-8-22)32-14-13-29)30-28(35-20-25-19-31-15-16-33-25)17-27(21)34-18-23-5-3-2-4-6-23/h2-8,10-11,17,25H,13-16,18-20,29H2,1H3. The molecule has 0 aliphatic carbocycles. The van der Waals surface area contributed by atoms with Crippen LogP contribution in [-0.4, -0.2) is 50.7 Å². The summed E-state index contributed by atoms with van der Waals surface area (Å²) in [6.45, 7) is 5.34. The minimum Gasteiger partial charge on any atom is -0.492 e. The summed E-state index contributed by atoms with van der Waals surface area (Å²) in [7, 11) is 0. The molecule has 1 aliphatic rings. The van der Waals surface area contributed by atoms with E-state index in [1.807, 2.05) is 61.5 Å². The third-order valence-corrected chi connectivity index (χ3v) is 5.31. The summed E-state index contributed by atoms with van der Waals surface area (Å²) in [4.78, 5) is 4.63. The molecule has 1 saturated heterocycles. The van der Waals surface area contributed by atoms with Crippen LogP contribution in [0.25, 0.3) is 0 Å². The fourth-order valence-electron chi connectivity index (χ4n) is 3.40. The molecule has 1 aromatic heterocycles. The Morgan fingerprint density at radius 1 is 1.00 bits per heavy atom. The molecule has 1 atom stereocenters. The van der Waals surface area contributed by atoms with Gasteiger partial charge in [-0.3, -0.25) is 0 Å². The molecular formula is C28H30N2O5. The van der Waals surface area contributed by atoms with Crippen LogP contribution in [0, 0.1) is 18.8 Å². The third kappa shape index (κ3) is 7.46. The molecule has 35 heavy (non-hydrogen) atoms. The molecule has 4 rings (SSSR count). The number of ether oxygens (including phenoxy) is 5. The van der Waals surface area contributed by atoms with Gasteiger partial charge in [0.15, 0.2) is 0 Å². The van der Waals surface area contributed by atoms with Gasteiger partial charge in [-0.15, -0.1) is 0 Å². The highest BCUT2D eigenvalue weighted by molar-refractivity contribution is 5.50. The minimum absolute atomic E-state index is 0.130. The molecule has 0 bridgehead atoms. The Bertz CT molecular complexity index is 1130. The second-order valence-electron chi connectivity index (χ2n) is 8.00. The minimum atomic E-state index is -0.130. The summed E-state index contributed by atoms with van der Waals surface area (Å²) in [5, 5.41) is 0. The van der Waals surface area contributed by atoms with Gasteiger partial charge in [0.25, 0.3) is 0 Å². The molecule has 1 unspecified atom stereocenters. The summed E-state index contributed by atoms with van der Waals surface area (Å²) in [6.07, 6.45) is -0.130. The van der Waals surface area contributed by atoms with Gasteiger partial charge < -0.3 is 29.4 Å². The molecule has 0 saturated carbocycles. The van der Waals surface area contributed by atoms with E-state index in [0.29, 0.717) is 63.5 Å². The van der Waals surface area contributed by atoms with Crippen molar-refractivity contribution < 1.29 is 23.7 Å². The Morgan fingerprint density at radius 2 is 1.83 bits per heavy atom. The maximum Gasteiger partial charge on any atom is 0.218 e. The van der Waals surface area contributed by atoms with E-state index in [9.17, 15) is 0 Å². The predicted molar refractivity (Wildman–Crippen MR) is 133 cm³/mol. The number of benzene rings is 2. The summed E-state index contributed by atoms with van der Waals surface area (Å²) >= 11 is 0. The number of nitrogens with zero attached hydrogens (tertiary/aromatic N) is 1. The Labute approximate surface area is 206 Å². The zero-order chi connectivity index (χ0) is 24.3. The first kappa shape index (κ1) is 24.6. The van der Waals surface area contributed by atoms with Crippen molar-refractivity contribution >= 4 is 0 Å². The van der Waals surface area contributed by atoms with Gasteiger partial charge in [-0.2, -0.15) is 0 Å². The quantitative estimate of drug-likeness (QED) is 0.475. The topological polar surface area (TPSA) is 85.1 Å². The first-order chi connectivity index (χ1) is 17.2. The van der Waals surface area contributed by atoms with Gasteiger partial charge in [0.1, 0.15) is 43.1 Å². The lowest BCUT2D eigenvalue weighted by molar-refractivity contribution is -0.102. The fraction of sp³-hybridized carbons (Fsp3) is 0.321. The average molecular weight is 475 g/mol. The lowest BCUT2D eigenvalue weighted by Crippen LogP contribution is -2.33. The van der Waals surface area contributed by atoms with E-state index in [-0.39, 0.29) is 6.10 Å². The van der Waals surface area contributed by atoms with Gasteiger partial charge in [-0.25, -0.2) is 4.98 Å². The monoisotopic (exact) mass is 474 g/mol. The molecule has 0 radical (unpaired) electrons. The van der Waals surface area contributed by atoms with Gasteiger partial charge in [0.05, 0.1) is 19.8 Å². The van der Waals surface area contributed by atoms with Crippen LogP contribution in [-0.2, 0) is 16.1 Å². The van der Waals surface area contributed by atoms with Crippen molar-refractivity contribution in [2.24, 2.45) is 5.73 Å². The Balaban J connectivity index is 1.53. The van der Waals surface area contributed by atoms with Gasteiger partial charge >= 0.3 is 0 Å². The number of hydrogen-bond acceptors (Lipinski definition) is 7. The van der Waals surface area contributed by atoms with Crippen LogP contribution in [0.15, 0.2) is 60.7 Å². The van der Waals surface area contributed by atoms with E-state index >= 15 is 0 Å². The van der Waals surface area contributed by atoms with E-state index < -0.39 is 0 Å². The highest BCUT2D eigenvalue weighted by Crippen LogP contribution is 2.26. The number of pyridine rings is 1. The second-order valence-corrected chi connectivity index (χ2v) is 8.00. The molecule has 0 amide bonds. The largest absolute Gasteiger partial charge is 0.492 e. The molecule has 2 aromatic carbocycles. The van der Waals surface area contributed by atoms with Crippen molar-refractivity contribution in [3.8, 4) is 29.2 Å². The molecule has 1 aliphatic heterocycles. The SMILES string of the molecule is Cc1c(OCc2ccccc2)cc(OCC2COCCO2)nc1C#Cc1ccc(OCCN)cc1. The van der Waals surface area contributed by atoms with Crippen molar-refractivity contribution in [2.75, 3.05) is 39.6 Å². The number of rotatable bonds is 9. The zero-order valence-electron chi connectivity index (χ0n) is 19.9. The first-order valence-electron chi connectivity index (χ1n) is 11.7. The lowest BCUT2D eigenvalue weighted by atomic mass is 10.1. The van der Waals surface area contributed by atoms with E-state index in [1.165, 1.54) is 0 Å². The zero-order valence-corrected chi connectivity index (χ0v) is 19.9. The van der Waals surface area contributed by atoms with E-state index in [2.05, 4.69) is 16.8 Å². The van der Waals surface area contributed by atoms with Gasteiger partial charge in [-0.05, 0) is 42.7 Å². The van der Waals surface area contributed by atoms with E-state index in [1.54, 1.807) is 6.07 Å². The molecule has 2 N–H and O–H groups in total. The maximum atomic E-state index is 6.13. The number of hydrogen-bond donors (Lipinski definition) is 1. The Morgan fingerprint density at radius 3 is 2.57 bits per heavy atom. The third-order valence-electron chi connectivity index (χ3n) is 5.31. The average Bonchev–Trinajstić information content (AvgIpc) is 2.91. The molecule has 0 spiro atoms. The van der Waals surface area contributed by atoms with Crippen LogP contribution in [0.2, 0.25) is 0 Å². The number of nitrogens with two attached hydrogens (primary N) is 1. The van der Waals surface area contributed by atoms with Crippen LogP contribution in [0.3, 0.4) is 0 Å². The van der Waals surface area contributed by atoms with Gasteiger partial charge in [-0.1, -0.05) is 36.3 Å². The van der Waals surface area contributed by atoms with Crippen molar-refractivity contribution in [2.45, 2.75) is 19.6 Å². The second kappa shape index (κ2) is 12.8. The summed E-state index contributed by atoms with van der Waals surface area (Å²) < 4.78 is 28.7. The maximum absolute atomic E-state index is 6.13. The van der Waals surface area contributed by atoms with Crippen LogP contribution in [0.1, 0.15) is 22.4 Å². The van der Waals surface area contributed by atoms with E-state index in [0.717, 1.165) is 22.4 Å². The summed E-state index contributed by atoms with van der Waals surface area (Å²) in [6, 6.07) is 19.4. The predicted octanol–water partition coefficient (Wildman–Crippen LogP) is 3.50. The van der Waals surface area contributed by atoms with Crippen LogP contribution in [0.5, 0.6) is 17.4 Å². The van der Waals surface area contributed by atoms with Crippen LogP contribution < -0.4 is 19.9 Å². The molecule has 7 nitrogen and oxygen atoms in total. The fourth-order valence-corrected chi connectivity index (χ4v) is 3.40. The molecule has 182 valence electrons. The van der Waals surface area contributed by atoms with Crippen molar-refractivity contribution in [1.29, 1.82) is 0 Å². The van der Waals surface area contributed by atoms with Crippen molar-refractivity contribution in [1.82, 2.24) is 4.98 Å². The van der Waals surface area contributed by atoms with Crippen molar-refractivity contribution in [3.63, 3.8) is 0 Å². The van der Waals surface area contributed by atoms with E-state index in [4.69, 9.17) is 29.4 Å². The summed E-state index contributed by atoms with van der Waals surface area (Å²) in [5.41, 5.74) is 8.85. The normalized spacial score (nSPS) is 15.1. The van der Waals surface area contributed by atoms with Gasteiger partial charge in [0.2, 0.25) is 5.88 Å². The van der Waals surface area contributed by atoms with Crippen molar-refractivity contribution in [3.05, 3.63) is 83.0 Å². The Hall–Kier alpha value is -3.57. The smallest absolute Gasteiger partial charge is 0.218 e. The summed E-state index contributed by atoms with van der Waals surface area (Å²) in [5.74, 6) is 8.21. The lowest BCUT2D eigenvalue weighted by Gasteiger charge is -2.23. The molecular weight excluding hydrogens is 444 g/mol. The number of aromatic nitrogens is 1. The molecule has 7 heteroatoms. The van der Waals surface area contributed by atoms with Crippen LogP contribution >= 0.6 is 0 Å². The van der Waals surface area contributed by atoms with Crippen LogP contribution in [0.4, 0.5) is 0 Å². The van der Waals surface area contributed by atoms with Gasteiger partial charge in [0, 0.05) is 23.7 Å². The molecule has 1 fully saturated rings.